The van der Waals surface area contributed by atoms with Crippen LogP contribution in [0.15, 0.2) is 60.7 Å². The minimum atomic E-state index is -1.62. The Balaban J connectivity index is 1.49. The molecule has 31 heavy (non-hydrogen) atoms. The maximum Gasteiger partial charge on any atom is 0.226 e. The lowest BCUT2D eigenvalue weighted by Crippen LogP contribution is -2.16. The first-order valence-electron chi connectivity index (χ1n) is 9.60. The van der Waals surface area contributed by atoms with Gasteiger partial charge in [-0.05, 0) is 30.3 Å². The number of halogens is 3. The number of hydrogen-bond donors (Lipinski definition) is 1. The number of rotatable bonds is 4. The van der Waals surface area contributed by atoms with E-state index in [1.165, 1.54) is 0 Å². The normalized spacial score (nSPS) is 11.5. The quantitative estimate of drug-likeness (QED) is 0.408. The molecule has 0 spiro atoms. The van der Waals surface area contributed by atoms with Crippen LogP contribution in [0.5, 0.6) is 0 Å². The van der Waals surface area contributed by atoms with Gasteiger partial charge in [0, 0.05) is 18.4 Å². The van der Waals surface area contributed by atoms with E-state index in [0.717, 1.165) is 39.6 Å². The van der Waals surface area contributed by atoms with Crippen LogP contribution in [0.25, 0.3) is 33.1 Å². The molecule has 0 aliphatic carbocycles. The third-order valence-corrected chi connectivity index (χ3v) is 5.13. The second-order valence-electron chi connectivity index (χ2n) is 7.07. The molecule has 1 amide bonds. The largest absolute Gasteiger partial charge is 0.323 e. The van der Waals surface area contributed by atoms with E-state index in [2.05, 4.69) is 5.32 Å². The molecule has 0 bridgehead atoms. The van der Waals surface area contributed by atoms with E-state index in [1.54, 1.807) is 0 Å². The van der Waals surface area contributed by atoms with Crippen molar-refractivity contribution in [3.63, 3.8) is 0 Å². The van der Waals surface area contributed by atoms with Gasteiger partial charge in [0.25, 0.3) is 0 Å². The number of hydrogen-bond acceptors (Lipinski definition) is 3. The minimum Gasteiger partial charge on any atom is -0.323 e. The first-order chi connectivity index (χ1) is 15.0. The number of para-hydroxylation sites is 3. The molecule has 1 N–H and O–H groups in total. The third kappa shape index (κ3) is 3.26. The van der Waals surface area contributed by atoms with Crippen molar-refractivity contribution < 1.29 is 18.0 Å². The van der Waals surface area contributed by atoms with Crippen molar-refractivity contribution in [3.8, 4) is 0 Å². The third-order valence-electron chi connectivity index (χ3n) is 5.13. The number of fused-ring (bicyclic) bond motifs is 4. The van der Waals surface area contributed by atoms with Crippen LogP contribution in [0.2, 0.25) is 0 Å². The SMILES string of the molecule is O=C(CCn1c2ccccc2c2nc3ccccc3nc21)Nc1ccc(F)c(F)c1F. The summed E-state index contributed by atoms with van der Waals surface area (Å²) < 4.78 is 42.2. The Morgan fingerprint density at radius 3 is 2.39 bits per heavy atom. The summed E-state index contributed by atoms with van der Waals surface area (Å²) in [5, 5.41) is 3.20. The van der Waals surface area contributed by atoms with E-state index in [-0.39, 0.29) is 13.0 Å². The predicted molar refractivity (Wildman–Crippen MR) is 112 cm³/mol. The highest BCUT2D eigenvalue weighted by molar-refractivity contribution is 6.06. The molecule has 8 heteroatoms. The molecule has 0 aliphatic rings. The fraction of sp³-hybridized carbons (Fsp3) is 0.0870. The van der Waals surface area contributed by atoms with Gasteiger partial charge in [0.1, 0.15) is 5.52 Å². The second kappa shape index (κ2) is 7.39. The first-order valence-corrected chi connectivity index (χ1v) is 9.60. The summed E-state index contributed by atoms with van der Waals surface area (Å²) in [6.07, 6.45) is -0.0271. The molecule has 2 aromatic heterocycles. The molecule has 0 fully saturated rings. The van der Waals surface area contributed by atoms with Crippen LogP contribution in [0.3, 0.4) is 0 Å². The molecule has 0 aliphatic heterocycles. The van der Waals surface area contributed by atoms with Crippen LogP contribution >= 0.6 is 0 Å². The fourth-order valence-electron chi connectivity index (χ4n) is 3.66. The molecule has 2 heterocycles. The van der Waals surface area contributed by atoms with Gasteiger partial charge in [0.15, 0.2) is 23.1 Å². The highest BCUT2D eigenvalue weighted by Gasteiger charge is 2.17. The molecule has 5 rings (SSSR count). The summed E-state index contributed by atoms with van der Waals surface area (Å²) in [5.41, 5.74) is 3.31. The lowest BCUT2D eigenvalue weighted by Gasteiger charge is -2.09. The summed E-state index contributed by atoms with van der Waals surface area (Å²) in [7, 11) is 0. The average Bonchev–Trinajstić information content (AvgIpc) is 3.09. The highest BCUT2D eigenvalue weighted by atomic mass is 19.2. The van der Waals surface area contributed by atoms with Crippen molar-refractivity contribution in [1.29, 1.82) is 0 Å². The van der Waals surface area contributed by atoms with E-state index in [9.17, 15) is 18.0 Å². The highest BCUT2D eigenvalue weighted by Crippen LogP contribution is 2.28. The Bertz CT molecular complexity index is 1480. The molecule has 0 saturated heterocycles. The molecule has 0 unspecified atom stereocenters. The zero-order chi connectivity index (χ0) is 21.5. The van der Waals surface area contributed by atoms with Crippen molar-refractivity contribution in [3.05, 3.63) is 78.1 Å². The standard InChI is InChI=1S/C23H15F3N4O/c24-14-9-10-17(21(26)20(14)25)27-19(31)11-12-30-18-8-4-1-5-13(18)22-23(30)29-16-7-3-2-6-15(16)28-22/h1-10H,11-12H2,(H,27,31). The molecule has 3 aromatic carbocycles. The number of aromatic nitrogens is 3. The van der Waals surface area contributed by atoms with Crippen LogP contribution in [-0.4, -0.2) is 20.4 Å². The van der Waals surface area contributed by atoms with Crippen LogP contribution < -0.4 is 5.32 Å². The zero-order valence-electron chi connectivity index (χ0n) is 16.1. The number of aryl methyl sites for hydroxylation is 1. The van der Waals surface area contributed by atoms with Crippen molar-refractivity contribution in [2.45, 2.75) is 13.0 Å². The zero-order valence-corrected chi connectivity index (χ0v) is 16.1. The lowest BCUT2D eigenvalue weighted by atomic mass is 10.2. The van der Waals surface area contributed by atoms with E-state index >= 15 is 0 Å². The summed E-state index contributed by atoms with van der Waals surface area (Å²) in [6, 6.07) is 16.9. The summed E-state index contributed by atoms with van der Waals surface area (Å²) >= 11 is 0. The number of nitrogens with zero attached hydrogens (tertiary/aromatic N) is 3. The van der Waals surface area contributed by atoms with Crippen molar-refractivity contribution in [2.24, 2.45) is 0 Å². The molecule has 0 saturated carbocycles. The average molecular weight is 420 g/mol. The topological polar surface area (TPSA) is 59.8 Å². The molecule has 5 nitrogen and oxygen atoms in total. The molecular weight excluding hydrogens is 405 g/mol. The summed E-state index contributed by atoms with van der Waals surface area (Å²) in [5.74, 6) is -4.90. The number of amides is 1. The van der Waals surface area contributed by atoms with E-state index < -0.39 is 29.0 Å². The Hall–Kier alpha value is -3.94. The number of nitrogens with one attached hydrogen (secondary N) is 1. The summed E-state index contributed by atoms with van der Waals surface area (Å²) in [6.45, 7) is 0.244. The van der Waals surface area contributed by atoms with Crippen LogP contribution in [-0.2, 0) is 11.3 Å². The van der Waals surface area contributed by atoms with Gasteiger partial charge in [0.05, 0.1) is 22.2 Å². The molecule has 0 atom stereocenters. The second-order valence-corrected chi connectivity index (χ2v) is 7.07. The van der Waals surface area contributed by atoms with Crippen LogP contribution in [0.1, 0.15) is 6.42 Å². The van der Waals surface area contributed by atoms with Gasteiger partial charge in [-0.2, -0.15) is 0 Å². The van der Waals surface area contributed by atoms with Crippen molar-refractivity contribution in [2.75, 3.05) is 5.32 Å². The first kappa shape index (κ1) is 19.0. The van der Waals surface area contributed by atoms with Gasteiger partial charge in [0.2, 0.25) is 5.91 Å². The van der Waals surface area contributed by atoms with Gasteiger partial charge in [-0.1, -0.05) is 30.3 Å². The van der Waals surface area contributed by atoms with Crippen molar-refractivity contribution >= 4 is 44.7 Å². The smallest absolute Gasteiger partial charge is 0.226 e. The lowest BCUT2D eigenvalue weighted by molar-refractivity contribution is -0.116. The van der Waals surface area contributed by atoms with Crippen LogP contribution in [0, 0.1) is 17.5 Å². The minimum absolute atomic E-state index is 0.0271. The van der Waals surface area contributed by atoms with Crippen molar-refractivity contribution in [1.82, 2.24) is 14.5 Å². The summed E-state index contributed by atoms with van der Waals surface area (Å²) in [4.78, 5) is 21.9. The molecule has 154 valence electrons. The fourth-order valence-corrected chi connectivity index (χ4v) is 3.66. The predicted octanol–water partition coefficient (Wildman–Crippen LogP) is 5.18. The Morgan fingerprint density at radius 2 is 1.58 bits per heavy atom. The molecule has 0 radical (unpaired) electrons. The van der Waals surface area contributed by atoms with Gasteiger partial charge in [-0.3, -0.25) is 4.79 Å². The maximum absolute atomic E-state index is 13.8. The molecular formula is C23H15F3N4O. The van der Waals surface area contributed by atoms with Crippen LogP contribution in [0.4, 0.5) is 18.9 Å². The Kier molecular flexibility index (Phi) is 4.54. The van der Waals surface area contributed by atoms with Gasteiger partial charge < -0.3 is 9.88 Å². The number of anilines is 1. The van der Waals surface area contributed by atoms with Gasteiger partial charge in [-0.25, -0.2) is 23.1 Å². The molecule has 5 aromatic rings. The monoisotopic (exact) mass is 420 g/mol. The van der Waals surface area contributed by atoms with E-state index in [1.807, 2.05) is 53.1 Å². The Labute approximate surface area is 174 Å². The maximum atomic E-state index is 13.8. The van der Waals surface area contributed by atoms with Gasteiger partial charge >= 0.3 is 0 Å². The number of carbonyl (C=O) groups excluding carboxylic acids is 1. The van der Waals surface area contributed by atoms with E-state index in [4.69, 9.17) is 9.97 Å². The van der Waals surface area contributed by atoms with Gasteiger partial charge in [-0.15, -0.1) is 0 Å². The van der Waals surface area contributed by atoms with E-state index in [0.29, 0.717) is 5.65 Å². The number of benzene rings is 3. The number of carbonyl (C=O) groups is 1. The Morgan fingerprint density at radius 1 is 0.871 bits per heavy atom.